The second-order valence-corrected chi connectivity index (χ2v) is 6.43. The van der Waals surface area contributed by atoms with E-state index in [0.717, 1.165) is 36.9 Å². The van der Waals surface area contributed by atoms with Crippen LogP contribution in [0.2, 0.25) is 0 Å². The van der Waals surface area contributed by atoms with Crippen molar-refractivity contribution in [1.82, 2.24) is 19.9 Å². The summed E-state index contributed by atoms with van der Waals surface area (Å²) < 4.78 is 2.02. The van der Waals surface area contributed by atoms with Crippen LogP contribution in [-0.2, 0) is 19.4 Å². The fourth-order valence-electron chi connectivity index (χ4n) is 3.60. The van der Waals surface area contributed by atoms with Crippen LogP contribution in [0.25, 0.3) is 10.9 Å². The normalized spacial score (nSPS) is 13.8. The molecule has 3 aromatic rings. The van der Waals surface area contributed by atoms with E-state index in [1.165, 1.54) is 29.5 Å². The zero-order valence-electron chi connectivity index (χ0n) is 13.7. The van der Waals surface area contributed by atoms with Crippen molar-refractivity contribution in [1.29, 1.82) is 0 Å². The quantitative estimate of drug-likeness (QED) is 0.709. The Labute approximate surface area is 141 Å². The Balaban J connectivity index is 1.47. The number of hydrogen-bond acceptors (Lipinski definition) is 2. The standard InChI is InChI=1S/C19H22N4O/c24-19(21-9-4-11-23-12-10-20-13-23)16-7-3-6-15-14-5-1-2-8-17(14)22-18(15)16/h3,6-7,10,12-13,22H,1-2,4-5,8-9,11H2,(H,21,24). The number of aromatic nitrogens is 3. The van der Waals surface area contributed by atoms with Gasteiger partial charge in [0.1, 0.15) is 0 Å². The molecule has 124 valence electrons. The molecule has 2 N–H and O–H groups in total. The molecule has 2 aromatic heterocycles. The molecule has 0 saturated carbocycles. The molecule has 0 radical (unpaired) electrons. The first-order valence-corrected chi connectivity index (χ1v) is 8.69. The highest BCUT2D eigenvalue weighted by Gasteiger charge is 2.18. The summed E-state index contributed by atoms with van der Waals surface area (Å²) in [6, 6.07) is 6.03. The van der Waals surface area contributed by atoms with Crippen LogP contribution in [0.3, 0.4) is 0 Å². The van der Waals surface area contributed by atoms with E-state index < -0.39 is 0 Å². The first-order valence-electron chi connectivity index (χ1n) is 8.69. The van der Waals surface area contributed by atoms with Crippen LogP contribution < -0.4 is 5.32 Å². The van der Waals surface area contributed by atoms with E-state index in [1.807, 2.05) is 22.9 Å². The van der Waals surface area contributed by atoms with Crippen LogP contribution in [0.15, 0.2) is 36.9 Å². The number of hydrogen-bond donors (Lipinski definition) is 2. The molecule has 1 amide bonds. The van der Waals surface area contributed by atoms with Gasteiger partial charge in [-0.05, 0) is 43.7 Å². The number of fused-ring (bicyclic) bond motifs is 3. The summed E-state index contributed by atoms with van der Waals surface area (Å²) in [5.41, 5.74) is 4.48. The third-order valence-electron chi connectivity index (χ3n) is 4.82. The van der Waals surface area contributed by atoms with Crippen molar-refractivity contribution in [3.8, 4) is 0 Å². The zero-order chi connectivity index (χ0) is 16.4. The van der Waals surface area contributed by atoms with Gasteiger partial charge in [-0.2, -0.15) is 0 Å². The number of aromatic amines is 1. The van der Waals surface area contributed by atoms with E-state index in [2.05, 4.69) is 21.4 Å². The number of nitrogens with one attached hydrogen (secondary N) is 2. The minimum absolute atomic E-state index is 0.00447. The Morgan fingerprint density at radius 3 is 3.08 bits per heavy atom. The van der Waals surface area contributed by atoms with Crippen LogP contribution in [-0.4, -0.2) is 27.0 Å². The van der Waals surface area contributed by atoms with E-state index in [4.69, 9.17) is 0 Å². The maximum absolute atomic E-state index is 12.6. The van der Waals surface area contributed by atoms with Crippen molar-refractivity contribution in [2.75, 3.05) is 6.54 Å². The Morgan fingerprint density at radius 2 is 2.21 bits per heavy atom. The smallest absolute Gasteiger partial charge is 0.253 e. The third kappa shape index (κ3) is 2.82. The number of carbonyl (C=O) groups is 1. The van der Waals surface area contributed by atoms with Crippen molar-refractivity contribution in [2.45, 2.75) is 38.6 Å². The number of aryl methyl sites for hydroxylation is 3. The summed E-state index contributed by atoms with van der Waals surface area (Å²) in [6.45, 7) is 1.52. The van der Waals surface area contributed by atoms with Crippen LogP contribution in [0.4, 0.5) is 0 Å². The summed E-state index contributed by atoms with van der Waals surface area (Å²) in [5.74, 6) is 0.00447. The molecule has 0 fully saturated rings. The number of nitrogens with zero attached hydrogens (tertiary/aromatic N) is 2. The summed E-state index contributed by atoms with van der Waals surface area (Å²) >= 11 is 0. The van der Waals surface area contributed by atoms with Gasteiger partial charge in [-0.15, -0.1) is 0 Å². The Bertz CT molecular complexity index is 848. The van der Waals surface area contributed by atoms with Gasteiger partial charge in [-0.1, -0.05) is 12.1 Å². The van der Waals surface area contributed by atoms with E-state index in [0.29, 0.717) is 6.54 Å². The molecule has 5 heteroatoms. The van der Waals surface area contributed by atoms with Gasteiger partial charge in [0.05, 0.1) is 17.4 Å². The predicted octanol–water partition coefficient (Wildman–Crippen LogP) is 3.06. The van der Waals surface area contributed by atoms with Gasteiger partial charge < -0.3 is 14.9 Å². The highest BCUT2D eigenvalue weighted by Crippen LogP contribution is 2.30. The second kappa shape index (κ2) is 6.51. The average molecular weight is 322 g/mol. The lowest BCUT2D eigenvalue weighted by molar-refractivity contribution is 0.0954. The minimum Gasteiger partial charge on any atom is -0.358 e. The second-order valence-electron chi connectivity index (χ2n) is 6.43. The Morgan fingerprint density at radius 1 is 1.29 bits per heavy atom. The monoisotopic (exact) mass is 322 g/mol. The van der Waals surface area contributed by atoms with Gasteiger partial charge >= 0.3 is 0 Å². The van der Waals surface area contributed by atoms with Crippen molar-refractivity contribution in [3.63, 3.8) is 0 Å². The van der Waals surface area contributed by atoms with Crippen molar-refractivity contribution >= 4 is 16.8 Å². The van der Waals surface area contributed by atoms with E-state index in [1.54, 1.807) is 12.5 Å². The largest absolute Gasteiger partial charge is 0.358 e. The molecule has 0 saturated heterocycles. The molecule has 0 atom stereocenters. The topological polar surface area (TPSA) is 62.7 Å². The van der Waals surface area contributed by atoms with Crippen molar-refractivity contribution in [2.24, 2.45) is 0 Å². The molecular weight excluding hydrogens is 300 g/mol. The molecule has 1 aromatic carbocycles. The first kappa shape index (κ1) is 15.0. The number of imidazole rings is 1. The zero-order valence-corrected chi connectivity index (χ0v) is 13.7. The lowest BCUT2D eigenvalue weighted by Crippen LogP contribution is -2.25. The summed E-state index contributed by atoms with van der Waals surface area (Å²) in [7, 11) is 0. The van der Waals surface area contributed by atoms with Crippen LogP contribution >= 0.6 is 0 Å². The SMILES string of the molecule is O=C(NCCCn1ccnc1)c1cccc2c3c([nH]c12)CCCC3. The molecule has 0 aliphatic heterocycles. The maximum Gasteiger partial charge on any atom is 0.253 e. The molecule has 1 aliphatic carbocycles. The molecule has 5 nitrogen and oxygen atoms in total. The molecule has 2 heterocycles. The highest BCUT2D eigenvalue weighted by atomic mass is 16.1. The van der Waals surface area contributed by atoms with E-state index >= 15 is 0 Å². The summed E-state index contributed by atoms with van der Waals surface area (Å²) in [5, 5.41) is 4.26. The van der Waals surface area contributed by atoms with Gasteiger partial charge in [0.15, 0.2) is 0 Å². The molecule has 0 bridgehead atoms. The summed E-state index contributed by atoms with van der Waals surface area (Å²) in [4.78, 5) is 20.1. The Kier molecular flexibility index (Phi) is 4.07. The average Bonchev–Trinajstić information content (AvgIpc) is 3.25. The number of benzene rings is 1. The maximum atomic E-state index is 12.6. The van der Waals surface area contributed by atoms with Crippen LogP contribution in [0, 0.1) is 0 Å². The first-order chi connectivity index (χ1) is 11.8. The number of rotatable bonds is 5. The fraction of sp³-hybridized carbons (Fsp3) is 0.368. The van der Waals surface area contributed by atoms with Gasteiger partial charge in [0.25, 0.3) is 5.91 Å². The molecule has 0 spiro atoms. The van der Waals surface area contributed by atoms with Crippen LogP contribution in [0.1, 0.15) is 40.9 Å². The lowest BCUT2D eigenvalue weighted by Gasteiger charge is -2.10. The molecule has 0 unspecified atom stereocenters. The minimum atomic E-state index is 0.00447. The van der Waals surface area contributed by atoms with E-state index in [-0.39, 0.29) is 5.91 Å². The molecule has 24 heavy (non-hydrogen) atoms. The molecule has 4 rings (SSSR count). The molecule has 1 aliphatic rings. The van der Waals surface area contributed by atoms with Crippen molar-refractivity contribution in [3.05, 3.63) is 53.7 Å². The third-order valence-corrected chi connectivity index (χ3v) is 4.82. The summed E-state index contributed by atoms with van der Waals surface area (Å²) in [6.07, 6.45) is 11.1. The van der Waals surface area contributed by atoms with Crippen molar-refractivity contribution < 1.29 is 4.79 Å². The predicted molar refractivity (Wildman–Crippen MR) is 94.1 cm³/mol. The van der Waals surface area contributed by atoms with Gasteiger partial charge in [-0.25, -0.2) is 4.98 Å². The van der Waals surface area contributed by atoms with Gasteiger partial charge in [-0.3, -0.25) is 4.79 Å². The number of para-hydroxylation sites is 1. The number of carbonyl (C=O) groups excluding carboxylic acids is 1. The number of H-pyrrole nitrogens is 1. The lowest BCUT2D eigenvalue weighted by atomic mass is 9.95. The van der Waals surface area contributed by atoms with Gasteiger partial charge in [0, 0.05) is 36.6 Å². The van der Waals surface area contributed by atoms with Crippen LogP contribution in [0.5, 0.6) is 0 Å². The highest BCUT2D eigenvalue weighted by molar-refractivity contribution is 6.06. The fourth-order valence-corrected chi connectivity index (χ4v) is 3.60. The van der Waals surface area contributed by atoms with Gasteiger partial charge in [0.2, 0.25) is 0 Å². The molecular formula is C19H22N4O. The van der Waals surface area contributed by atoms with E-state index in [9.17, 15) is 4.79 Å². The Hall–Kier alpha value is -2.56. The number of amides is 1.